The summed E-state index contributed by atoms with van der Waals surface area (Å²) in [6.07, 6.45) is 1.65. The van der Waals surface area contributed by atoms with Gasteiger partial charge < -0.3 is 9.80 Å². The molecule has 1 amide bonds. The molecule has 0 aromatic heterocycles. The molecular weight excluding hydrogens is 296 g/mol. The number of rotatable bonds is 6. The molecule has 0 fully saturated rings. The van der Waals surface area contributed by atoms with Gasteiger partial charge in [0.05, 0.1) is 0 Å². The first-order chi connectivity index (χ1) is 11.6. The summed E-state index contributed by atoms with van der Waals surface area (Å²) >= 11 is 0. The van der Waals surface area contributed by atoms with Gasteiger partial charge in [0.15, 0.2) is 0 Å². The molecule has 3 heteroatoms. The summed E-state index contributed by atoms with van der Waals surface area (Å²) in [7, 11) is 0. The van der Waals surface area contributed by atoms with Crippen molar-refractivity contribution in [1.29, 1.82) is 0 Å². The zero-order valence-corrected chi connectivity index (χ0v) is 14.6. The lowest BCUT2D eigenvalue weighted by molar-refractivity contribution is -0.133. The van der Waals surface area contributed by atoms with Crippen LogP contribution in [0.3, 0.4) is 0 Å². The molecule has 0 atom stereocenters. The molecule has 24 heavy (non-hydrogen) atoms. The predicted molar refractivity (Wildman–Crippen MR) is 99.1 cm³/mol. The van der Waals surface area contributed by atoms with Gasteiger partial charge in [-0.1, -0.05) is 48.5 Å². The lowest BCUT2D eigenvalue weighted by Gasteiger charge is -2.28. The van der Waals surface area contributed by atoms with Crippen molar-refractivity contribution < 1.29 is 4.79 Å². The van der Waals surface area contributed by atoms with Gasteiger partial charge in [-0.2, -0.15) is 0 Å². The van der Waals surface area contributed by atoms with Crippen molar-refractivity contribution in [3.05, 3.63) is 65.7 Å². The van der Waals surface area contributed by atoms with Gasteiger partial charge in [0.1, 0.15) is 0 Å². The van der Waals surface area contributed by atoms with Crippen LogP contribution in [0.15, 0.2) is 54.6 Å². The van der Waals surface area contributed by atoms with Crippen LogP contribution < -0.4 is 4.90 Å². The number of hydrogen-bond acceptors (Lipinski definition) is 2. The van der Waals surface area contributed by atoms with E-state index in [4.69, 9.17) is 0 Å². The van der Waals surface area contributed by atoms with Crippen LogP contribution in [-0.2, 0) is 17.8 Å². The maximum atomic E-state index is 12.8. The van der Waals surface area contributed by atoms with Crippen molar-refractivity contribution in [2.45, 2.75) is 39.3 Å². The van der Waals surface area contributed by atoms with Crippen molar-refractivity contribution in [3.63, 3.8) is 0 Å². The van der Waals surface area contributed by atoms with Crippen LogP contribution in [-0.4, -0.2) is 29.9 Å². The van der Waals surface area contributed by atoms with E-state index < -0.39 is 0 Å². The Labute approximate surface area is 144 Å². The van der Waals surface area contributed by atoms with Gasteiger partial charge in [-0.05, 0) is 37.5 Å². The zero-order valence-electron chi connectivity index (χ0n) is 14.6. The van der Waals surface area contributed by atoms with E-state index in [-0.39, 0.29) is 11.9 Å². The van der Waals surface area contributed by atoms with E-state index >= 15 is 0 Å². The highest BCUT2D eigenvalue weighted by molar-refractivity contribution is 5.77. The molecule has 0 saturated heterocycles. The van der Waals surface area contributed by atoms with Crippen LogP contribution >= 0.6 is 0 Å². The van der Waals surface area contributed by atoms with Crippen molar-refractivity contribution in [2.24, 2.45) is 0 Å². The standard InChI is InChI=1S/C21H26N2O/c1-17(2)23(16-18-8-4-3-5-9-18)21(24)13-15-22-14-12-19-10-6-7-11-20(19)22/h3-11,17H,12-16H2,1-2H3. The fourth-order valence-corrected chi connectivity index (χ4v) is 3.35. The van der Waals surface area contributed by atoms with Crippen molar-refractivity contribution in [2.75, 3.05) is 18.0 Å². The fraction of sp³-hybridized carbons (Fsp3) is 0.381. The zero-order chi connectivity index (χ0) is 16.9. The van der Waals surface area contributed by atoms with Crippen LogP contribution in [0, 0.1) is 0 Å². The molecule has 1 aliphatic rings. The second-order valence-corrected chi connectivity index (χ2v) is 6.72. The van der Waals surface area contributed by atoms with Gasteiger partial charge in [0.25, 0.3) is 0 Å². The molecule has 1 heterocycles. The molecule has 3 rings (SSSR count). The second kappa shape index (κ2) is 7.52. The largest absolute Gasteiger partial charge is 0.370 e. The summed E-state index contributed by atoms with van der Waals surface area (Å²) in [5, 5.41) is 0. The number of para-hydroxylation sites is 1. The van der Waals surface area contributed by atoms with Gasteiger partial charge in [0.2, 0.25) is 5.91 Å². The van der Waals surface area contributed by atoms with E-state index in [9.17, 15) is 4.79 Å². The normalized spacial score (nSPS) is 13.2. The summed E-state index contributed by atoms with van der Waals surface area (Å²) in [5.41, 5.74) is 3.88. The highest BCUT2D eigenvalue weighted by atomic mass is 16.2. The third-order valence-corrected chi connectivity index (χ3v) is 4.72. The van der Waals surface area contributed by atoms with Crippen LogP contribution in [0.25, 0.3) is 0 Å². The van der Waals surface area contributed by atoms with E-state index in [2.05, 4.69) is 55.1 Å². The van der Waals surface area contributed by atoms with Crippen LogP contribution in [0.2, 0.25) is 0 Å². The number of amides is 1. The summed E-state index contributed by atoms with van der Waals surface area (Å²) in [5.74, 6) is 0.234. The Morgan fingerprint density at radius 1 is 1.08 bits per heavy atom. The molecule has 2 aromatic rings. The van der Waals surface area contributed by atoms with E-state index in [1.165, 1.54) is 16.8 Å². The van der Waals surface area contributed by atoms with Crippen molar-refractivity contribution >= 4 is 11.6 Å². The monoisotopic (exact) mass is 322 g/mol. The van der Waals surface area contributed by atoms with E-state index in [1.54, 1.807) is 0 Å². The topological polar surface area (TPSA) is 23.6 Å². The molecule has 0 spiro atoms. The van der Waals surface area contributed by atoms with Gasteiger partial charge >= 0.3 is 0 Å². The van der Waals surface area contributed by atoms with Crippen molar-refractivity contribution in [1.82, 2.24) is 4.90 Å². The van der Waals surface area contributed by atoms with E-state index in [0.29, 0.717) is 13.0 Å². The summed E-state index contributed by atoms with van der Waals surface area (Å²) in [4.78, 5) is 17.1. The highest BCUT2D eigenvalue weighted by Crippen LogP contribution is 2.27. The molecule has 0 unspecified atom stereocenters. The third kappa shape index (κ3) is 3.78. The minimum absolute atomic E-state index is 0.212. The van der Waals surface area contributed by atoms with E-state index in [0.717, 1.165) is 19.5 Å². The maximum Gasteiger partial charge on any atom is 0.224 e. The number of nitrogens with zero attached hydrogens (tertiary/aromatic N) is 2. The third-order valence-electron chi connectivity index (χ3n) is 4.72. The molecule has 0 bridgehead atoms. The van der Waals surface area contributed by atoms with Crippen LogP contribution in [0.4, 0.5) is 5.69 Å². The molecule has 0 N–H and O–H groups in total. The number of hydrogen-bond donors (Lipinski definition) is 0. The first kappa shape index (κ1) is 16.6. The number of benzene rings is 2. The number of carbonyl (C=O) groups is 1. The van der Waals surface area contributed by atoms with Crippen LogP contribution in [0.1, 0.15) is 31.4 Å². The Kier molecular flexibility index (Phi) is 5.19. The number of anilines is 1. The lowest BCUT2D eigenvalue weighted by Crippen LogP contribution is -2.38. The van der Waals surface area contributed by atoms with Gasteiger partial charge in [-0.25, -0.2) is 0 Å². The molecule has 2 aromatic carbocycles. The Morgan fingerprint density at radius 3 is 2.54 bits per heavy atom. The maximum absolute atomic E-state index is 12.8. The SMILES string of the molecule is CC(C)N(Cc1ccccc1)C(=O)CCN1CCc2ccccc21. The van der Waals surface area contributed by atoms with Gasteiger partial charge in [-0.3, -0.25) is 4.79 Å². The lowest BCUT2D eigenvalue weighted by atomic mass is 10.1. The van der Waals surface area contributed by atoms with Gasteiger partial charge in [-0.15, -0.1) is 0 Å². The molecule has 0 saturated carbocycles. The number of fused-ring (bicyclic) bond motifs is 1. The Hall–Kier alpha value is -2.29. The first-order valence-corrected chi connectivity index (χ1v) is 8.81. The fourth-order valence-electron chi connectivity index (χ4n) is 3.35. The molecule has 0 aliphatic carbocycles. The molecule has 0 radical (unpaired) electrons. The first-order valence-electron chi connectivity index (χ1n) is 8.81. The Balaban J connectivity index is 1.60. The van der Waals surface area contributed by atoms with Gasteiger partial charge in [0, 0.05) is 37.8 Å². The Bertz CT molecular complexity index is 681. The van der Waals surface area contributed by atoms with E-state index in [1.807, 2.05) is 23.1 Å². The molecule has 3 nitrogen and oxygen atoms in total. The average molecular weight is 322 g/mol. The smallest absolute Gasteiger partial charge is 0.224 e. The van der Waals surface area contributed by atoms with Crippen molar-refractivity contribution in [3.8, 4) is 0 Å². The molecular formula is C21H26N2O. The Morgan fingerprint density at radius 2 is 1.79 bits per heavy atom. The average Bonchev–Trinajstić information content (AvgIpc) is 3.01. The highest BCUT2D eigenvalue weighted by Gasteiger charge is 2.21. The van der Waals surface area contributed by atoms with Crippen LogP contribution in [0.5, 0.6) is 0 Å². The summed E-state index contributed by atoms with van der Waals surface area (Å²) < 4.78 is 0. The summed E-state index contributed by atoms with van der Waals surface area (Å²) in [6.45, 7) is 6.69. The minimum atomic E-state index is 0.212. The molecule has 126 valence electrons. The number of carbonyl (C=O) groups excluding carboxylic acids is 1. The molecule has 1 aliphatic heterocycles. The minimum Gasteiger partial charge on any atom is -0.370 e. The second-order valence-electron chi connectivity index (χ2n) is 6.72. The quantitative estimate of drug-likeness (QED) is 0.806. The predicted octanol–water partition coefficient (Wildman–Crippen LogP) is 3.88. The summed E-state index contributed by atoms with van der Waals surface area (Å²) in [6, 6.07) is 19.0.